The maximum Gasteiger partial charge on any atom is 0.332 e. The van der Waals surface area contributed by atoms with E-state index in [1.807, 2.05) is 24.3 Å². The molecule has 174 valence electrons. The van der Waals surface area contributed by atoms with Gasteiger partial charge in [-0.25, -0.2) is 4.79 Å². The number of carbonyl (C=O) groups excluding carboxylic acids is 2. The number of nitro benzene ring substituents is 1. The molecule has 0 N–H and O–H groups in total. The van der Waals surface area contributed by atoms with Gasteiger partial charge < -0.3 is 14.5 Å². The Balaban J connectivity index is 1.67. The number of rotatable bonds is 7. The predicted molar refractivity (Wildman–Crippen MR) is 126 cm³/mol. The number of anilines is 1. The predicted octanol–water partition coefficient (Wildman–Crippen LogP) is 3.67. The molecule has 8 nitrogen and oxygen atoms in total. The lowest BCUT2D eigenvalue weighted by Crippen LogP contribution is -2.57. The first-order chi connectivity index (χ1) is 15.9. The monoisotopic (exact) mass is 469 g/mol. The Bertz CT molecular complexity index is 1040. The van der Waals surface area contributed by atoms with Gasteiger partial charge in [0, 0.05) is 36.5 Å². The van der Waals surface area contributed by atoms with Crippen molar-refractivity contribution in [3.63, 3.8) is 0 Å². The number of nitro groups is 1. The Kier molecular flexibility index (Phi) is 6.99. The molecule has 2 aromatic rings. The molecular formula is C24H27N3O5S. The normalized spacial score (nSPS) is 20.9. The molecule has 2 aliphatic rings. The molecule has 0 aliphatic carbocycles. The lowest BCUT2D eigenvalue weighted by Gasteiger charge is -2.41. The fraction of sp³-hybridized carbons (Fsp3) is 0.417. The molecule has 0 bridgehead atoms. The summed E-state index contributed by atoms with van der Waals surface area (Å²) < 4.78 is 3.63. The number of hydrogen-bond acceptors (Lipinski definition) is 7. The van der Waals surface area contributed by atoms with Gasteiger partial charge in [0.05, 0.1) is 17.7 Å². The van der Waals surface area contributed by atoms with Gasteiger partial charge in [0.1, 0.15) is 0 Å². The quantitative estimate of drug-likeness (QED) is 0.264. The first-order valence-electron chi connectivity index (χ1n) is 11.1. The third-order valence-corrected chi connectivity index (χ3v) is 7.63. The largest absolute Gasteiger partial charge is 0.468 e. The Morgan fingerprint density at radius 2 is 1.79 bits per heavy atom. The SMILES string of the molecule is COC(=O)C1(Cc2ccc([N+](=O)[O-])cc2)Sc2ccccc2N(CCN2CCCCC2)C1=O. The maximum absolute atomic E-state index is 13.9. The van der Waals surface area contributed by atoms with Gasteiger partial charge in [0.15, 0.2) is 0 Å². The van der Waals surface area contributed by atoms with Crippen molar-refractivity contribution < 1.29 is 19.2 Å². The van der Waals surface area contributed by atoms with Gasteiger partial charge in [-0.1, -0.05) is 42.4 Å². The van der Waals surface area contributed by atoms with Gasteiger partial charge in [0.25, 0.3) is 11.6 Å². The van der Waals surface area contributed by atoms with Crippen LogP contribution in [0.25, 0.3) is 0 Å². The summed E-state index contributed by atoms with van der Waals surface area (Å²) in [4.78, 5) is 42.5. The van der Waals surface area contributed by atoms with Gasteiger partial charge >= 0.3 is 5.97 Å². The van der Waals surface area contributed by atoms with Crippen LogP contribution >= 0.6 is 11.8 Å². The molecule has 2 aromatic carbocycles. The van der Waals surface area contributed by atoms with Crippen molar-refractivity contribution >= 4 is 35.0 Å². The molecule has 2 heterocycles. The molecule has 4 rings (SSSR count). The van der Waals surface area contributed by atoms with Crippen LogP contribution < -0.4 is 4.90 Å². The van der Waals surface area contributed by atoms with Crippen molar-refractivity contribution in [1.82, 2.24) is 4.90 Å². The zero-order valence-electron chi connectivity index (χ0n) is 18.6. The van der Waals surface area contributed by atoms with E-state index >= 15 is 0 Å². The van der Waals surface area contributed by atoms with Gasteiger partial charge in [-0.15, -0.1) is 0 Å². The number of nitrogens with zero attached hydrogens (tertiary/aromatic N) is 3. The molecule has 9 heteroatoms. The number of thioether (sulfide) groups is 1. The molecular weight excluding hydrogens is 442 g/mol. The van der Waals surface area contributed by atoms with Gasteiger partial charge in [-0.2, -0.15) is 0 Å². The second-order valence-electron chi connectivity index (χ2n) is 8.35. The molecule has 33 heavy (non-hydrogen) atoms. The molecule has 1 unspecified atom stereocenters. The lowest BCUT2D eigenvalue weighted by molar-refractivity contribution is -0.384. The van der Waals surface area contributed by atoms with E-state index < -0.39 is 15.6 Å². The van der Waals surface area contributed by atoms with Crippen LogP contribution in [-0.4, -0.2) is 59.7 Å². The van der Waals surface area contributed by atoms with E-state index in [1.165, 1.54) is 37.4 Å². The third kappa shape index (κ3) is 4.74. The number of methoxy groups -OCH3 is 1. The molecule has 1 saturated heterocycles. The highest BCUT2D eigenvalue weighted by molar-refractivity contribution is 8.02. The summed E-state index contributed by atoms with van der Waals surface area (Å²) in [6.45, 7) is 3.25. The fourth-order valence-corrected chi connectivity index (χ4v) is 5.88. The van der Waals surface area contributed by atoms with Crippen LogP contribution in [0.15, 0.2) is 53.4 Å². The van der Waals surface area contributed by atoms with Crippen LogP contribution in [0.1, 0.15) is 24.8 Å². The van der Waals surface area contributed by atoms with Crippen molar-refractivity contribution in [3.8, 4) is 0 Å². The number of hydrogen-bond donors (Lipinski definition) is 0. The maximum atomic E-state index is 13.9. The Hall–Kier alpha value is -2.91. The van der Waals surface area contributed by atoms with Gasteiger partial charge in [-0.05, 0) is 43.6 Å². The van der Waals surface area contributed by atoms with E-state index in [-0.39, 0.29) is 18.0 Å². The van der Waals surface area contributed by atoms with Crippen molar-refractivity contribution in [2.45, 2.75) is 35.3 Å². The Morgan fingerprint density at radius 3 is 2.45 bits per heavy atom. The van der Waals surface area contributed by atoms with Crippen molar-refractivity contribution in [1.29, 1.82) is 0 Å². The smallest absolute Gasteiger partial charge is 0.332 e. The first kappa shape index (κ1) is 23.3. The second-order valence-corrected chi connectivity index (χ2v) is 9.69. The molecule has 1 atom stereocenters. The number of non-ortho nitro benzene ring substituents is 1. The summed E-state index contributed by atoms with van der Waals surface area (Å²) in [5.41, 5.74) is 1.41. The Morgan fingerprint density at radius 1 is 1.09 bits per heavy atom. The number of esters is 1. The number of piperidine rings is 1. The summed E-state index contributed by atoms with van der Waals surface area (Å²) >= 11 is 1.20. The third-order valence-electron chi connectivity index (χ3n) is 6.23. The second kappa shape index (κ2) is 9.93. The van der Waals surface area contributed by atoms with E-state index in [1.54, 1.807) is 17.0 Å². The minimum atomic E-state index is -1.50. The van der Waals surface area contributed by atoms with Crippen LogP contribution in [0.2, 0.25) is 0 Å². The highest BCUT2D eigenvalue weighted by atomic mass is 32.2. The fourth-order valence-electron chi connectivity index (χ4n) is 4.47. The molecule has 1 fully saturated rings. The first-order valence-corrected chi connectivity index (χ1v) is 11.9. The number of benzene rings is 2. The van der Waals surface area contributed by atoms with Crippen LogP contribution in [0.5, 0.6) is 0 Å². The zero-order chi connectivity index (χ0) is 23.4. The van der Waals surface area contributed by atoms with E-state index in [0.717, 1.165) is 43.1 Å². The van der Waals surface area contributed by atoms with E-state index in [4.69, 9.17) is 4.74 Å². The standard InChI is InChI=1S/C24H27N3O5S/c1-32-23(29)24(17-18-9-11-19(12-10-18)27(30)31)22(28)26(16-15-25-13-5-2-6-14-25)20-7-3-4-8-21(20)33-24/h3-4,7-12H,2,5-6,13-17H2,1H3. The number of carbonyl (C=O) groups is 2. The number of para-hydroxylation sites is 1. The average molecular weight is 470 g/mol. The van der Waals surface area contributed by atoms with Crippen molar-refractivity contribution in [2.24, 2.45) is 0 Å². The minimum Gasteiger partial charge on any atom is -0.468 e. The molecule has 1 amide bonds. The lowest BCUT2D eigenvalue weighted by atomic mass is 9.95. The summed E-state index contributed by atoms with van der Waals surface area (Å²) in [5, 5.41) is 11.0. The average Bonchev–Trinajstić information content (AvgIpc) is 2.84. The minimum absolute atomic E-state index is 0.0398. The van der Waals surface area contributed by atoms with E-state index in [0.29, 0.717) is 12.1 Å². The van der Waals surface area contributed by atoms with E-state index in [9.17, 15) is 19.7 Å². The molecule has 0 saturated carbocycles. The van der Waals surface area contributed by atoms with Gasteiger partial charge in [-0.3, -0.25) is 14.9 Å². The van der Waals surface area contributed by atoms with Crippen molar-refractivity contribution in [2.75, 3.05) is 38.2 Å². The molecule has 0 spiro atoms. The van der Waals surface area contributed by atoms with Crippen LogP contribution in [-0.2, 0) is 20.7 Å². The van der Waals surface area contributed by atoms with Crippen LogP contribution in [0, 0.1) is 10.1 Å². The van der Waals surface area contributed by atoms with E-state index in [2.05, 4.69) is 4.90 Å². The van der Waals surface area contributed by atoms with Gasteiger partial charge in [0.2, 0.25) is 4.75 Å². The summed E-state index contributed by atoms with van der Waals surface area (Å²) in [7, 11) is 1.28. The zero-order valence-corrected chi connectivity index (χ0v) is 19.4. The highest BCUT2D eigenvalue weighted by Crippen LogP contribution is 2.47. The molecule has 0 aromatic heterocycles. The molecule has 0 radical (unpaired) electrons. The Labute approximate surface area is 197 Å². The summed E-state index contributed by atoms with van der Waals surface area (Å²) in [6.07, 6.45) is 3.63. The topological polar surface area (TPSA) is 93.0 Å². The number of fused-ring (bicyclic) bond motifs is 1. The van der Waals surface area contributed by atoms with Crippen molar-refractivity contribution in [3.05, 3.63) is 64.2 Å². The number of ether oxygens (including phenoxy) is 1. The summed E-state index contributed by atoms with van der Waals surface area (Å²) in [6, 6.07) is 13.6. The van der Waals surface area contributed by atoms with Crippen LogP contribution in [0.3, 0.4) is 0 Å². The van der Waals surface area contributed by atoms with Crippen LogP contribution in [0.4, 0.5) is 11.4 Å². The number of likely N-dealkylation sites (tertiary alicyclic amines) is 1. The molecule has 2 aliphatic heterocycles. The number of amides is 1. The highest BCUT2D eigenvalue weighted by Gasteiger charge is 2.54. The summed E-state index contributed by atoms with van der Waals surface area (Å²) in [5.74, 6) is -0.929.